The molecule has 2 rings (SSSR count). The molecule has 1 saturated carbocycles. The van der Waals surface area contributed by atoms with Gasteiger partial charge in [-0.05, 0) is 25.0 Å². The SMILES string of the molecule is N#CCN(C(=O)c1ccccc1)C1CCCC1. The molecule has 1 aliphatic rings. The van der Waals surface area contributed by atoms with Crippen molar-refractivity contribution in [1.29, 1.82) is 5.26 Å². The van der Waals surface area contributed by atoms with Crippen LogP contribution in [0.15, 0.2) is 30.3 Å². The average Bonchev–Trinajstić information content (AvgIpc) is 2.90. The second-order valence-corrected chi connectivity index (χ2v) is 4.40. The average molecular weight is 228 g/mol. The maximum atomic E-state index is 12.3. The molecule has 0 saturated heterocycles. The summed E-state index contributed by atoms with van der Waals surface area (Å²) in [5.74, 6) is -0.0148. The van der Waals surface area contributed by atoms with Gasteiger partial charge in [0.05, 0.1) is 6.07 Å². The molecule has 3 heteroatoms. The summed E-state index contributed by atoms with van der Waals surface area (Å²) in [5.41, 5.74) is 0.676. The summed E-state index contributed by atoms with van der Waals surface area (Å²) in [6, 6.07) is 11.6. The molecule has 1 fully saturated rings. The summed E-state index contributed by atoms with van der Waals surface area (Å²) in [6.45, 7) is 0.193. The molecule has 17 heavy (non-hydrogen) atoms. The first-order valence-electron chi connectivity index (χ1n) is 6.06. The second kappa shape index (κ2) is 5.49. The van der Waals surface area contributed by atoms with Crippen LogP contribution in [0.4, 0.5) is 0 Å². The molecule has 0 unspecified atom stereocenters. The molecule has 0 N–H and O–H groups in total. The van der Waals surface area contributed by atoms with Crippen molar-refractivity contribution in [3.63, 3.8) is 0 Å². The van der Waals surface area contributed by atoms with E-state index in [0.29, 0.717) is 5.56 Å². The first-order chi connectivity index (χ1) is 8.33. The Morgan fingerprint density at radius 2 is 1.94 bits per heavy atom. The summed E-state index contributed by atoms with van der Waals surface area (Å²) in [4.78, 5) is 14.0. The third-order valence-electron chi connectivity index (χ3n) is 3.29. The Bertz CT molecular complexity index is 416. The third kappa shape index (κ3) is 2.65. The minimum atomic E-state index is -0.0148. The van der Waals surface area contributed by atoms with E-state index in [0.717, 1.165) is 25.7 Å². The van der Waals surface area contributed by atoms with Crippen LogP contribution in [0.5, 0.6) is 0 Å². The van der Waals surface area contributed by atoms with Gasteiger partial charge < -0.3 is 4.90 Å². The van der Waals surface area contributed by atoms with Crippen molar-refractivity contribution in [3.05, 3.63) is 35.9 Å². The Balaban J connectivity index is 2.16. The molecule has 0 radical (unpaired) electrons. The Hall–Kier alpha value is -1.82. The van der Waals surface area contributed by atoms with Crippen molar-refractivity contribution in [3.8, 4) is 6.07 Å². The zero-order valence-electron chi connectivity index (χ0n) is 9.80. The molecule has 1 aromatic carbocycles. The van der Waals surface area contributed by atoms with Crippen molar-refractivity contribution in [2.75, 3.05) is 6.54 Å². The van der Waals surface area contributed by atoms with Crippen molar-refractivity contribution in [2.24, 2.45) is 0 Å². The van der Waals surface area contributed by atoms with Gasteiger partial charge in [-0.2, -0.15) is 5.26 Å². The molecule has 1 amide bonds. The molecule has 0 atom stereocenters. The monoisotopic (exact) mass is 228 g/mol. The van der Waals surface area contributed by atoms with E-state index in [1.807, 2.05) is 30.3 Å². The molecule has 0 bridgehead atoms. The number of hydrogen-bond donors (Lipinski definition) is 0. The number of nitriles is 1. The number of carbonyl (C=O) groups is 1. The first kappa shape index (κ1) is 11.7. The number of benzene rings is 1. The summed E-state index contributed by atoms with van der Waals surface area (Å²) in [7, 11) is 0. The highest BCUT2D eigenvalue weighted by molar-refractivity contribution is 5.94. The van der Waals surface area contributed by atoms with Crippen LogP contribution in [-0.2, 0) is 0 Å². The lowest BCUT2D eigenvalue weighted by molar-refractivity contribution is 0.0709. The van der Waals surface area contributed by atoms with Gasteiger partial charge in [-0.15, -0.1) is 0 Å². The van der Waals surface area contributed by atoms with Crippen LogP contribution in [0.1, 0.15) is 36.0 Å². The Morgan fingerprint density at radius 1 is 1.29 bits per heavy atom. The van der Waals surface area contributed by atoms with Crippen LogP contribution in [0.2, 0.25) is 0 Å². The van der Waals surface area contributed by atoms with Gasteiger partial charge in [0.15, 0.2) is 0 Å². The molecule has 1 aromatic rings. The van der Waals surface area contributed by atoms with E-state index in [1.54, 1.807) is 4.90 Å². The van der Waals surface area contributed by atoms with E-state index < -0.39 is 0 Å². The summed E-state index contributed by atoms with van der Waals surface area (Å²) in [6.07, 6.45) is 4.38. The smallest absolute Gasteiger partial charge is 0.254 e. The van der Waals surface area contributed by atoms with E-state index in [-0.39, 0.29) is 18.5 Å². The maximum Gasteiger partial charge on any atom is 0.254 e. The highest BCUT2D eigenvalue weighted by Crippen LogP contribution is 2.24. The quantitative estimate of drug-likeness (QED) is 0.746. The molecule has 88 valence electrons. The topological polar surface area (TPSA) is 44.1 Å². The van der Waals surface area contributed by atoms with Crippen molar-refractivity contribution < 1.29 is 4.79 Å². The van der Waals surface area contributed by atoms with E-state index in [9.17, 15) is 4.79 Å². The first-order valence-corrected chi connectivity index (χ1v) is 6.06. The lowest BCUT2D eigenvalue weighted by Crippen LogP contribution is -2.39. The Labute approximate surface area is 102 Å². The largest absolute Gasteiger partial charge is 0.322 e. The molecule has 0 spiro atoms. The van der Waals surface area contributed by atoms with Gasteiger partial charge in [-0.3, -0.25) is 4.79 Å². The number of carbonyl (C=O) groups excluding carboxylic acids is 1. The molecule has 0 heterocycles. The van der Waals surface area contributed by atoms with Gasteiger partial charge >= 0.3 is 0 Å². The third-order valence-corrected chi connectivity index (χ3v) is 3.29. The molecular formula is C14H16N2O. The minimum absolute atomic E-state index is 0.0148. The fourth-order valence-electron chi connectivity index (χ4n) is 2.41. The standard InChI is InChI=1S/C14H16N2O/c15-10-11-16(13-8-4-5-9-13)14(17)12-6-2-1-3-7-12/h1-3,6-7,13H,4-5,8-9,11H2. The fourth-order valence-corrected chi connectivity index (χ4v) is 2.41. The van der Waals surface area contributed by atoms with Crippen LogP contribution in [0, 0.1) is 11.3 Å². The zero-order chi connectivity index (χ0) is 12.1. The molecular weight excluding hydrogens is 212 g/mol. The van der Waals surface area contributed by atoms with Gasteiger partial charge in [0.2, 0.25) is 0 Å². The van der Waals surface area contributed by atoms with E-state index in [2.05, 4.69) is 6.07 Å². The van der Waals surface area contributed by atoms with Crippen LogP contribution < -0.4 is 0 Å². The molecule has 0 aliphatic heterocycles. The van der Waals surface area contributed by atoms with E-state index >= 15 is 0 Å². The van der Waals surface area contributed by atoms with Gasteiger partial charge in [0, 0.05) is 11.6 Å². The fraction of sp³-hybridized carbons (Fsp3) is 0.429. The Morgan fingerprint density at radius 3 is 2.53 bits per heavy atom. The predicted octanol–water partition coefficient (Wildman–Crippen LogP) is 2.59. The van der Waals surface area contributed by atoms with Crippen LogP contribution in [0.25, 0.3) is 0 Å². The molecule has 0 aromatic heterocycles. The van der Waals surface area contributed by atoms with E-state index in [1.165, 1.54) is 0 Å². The van der Waals surface area contributed by atoms with Crippen molar-refractivity contribution in [2.45, 2.75) is 31.7 Å². The normalized spacial score (nSPS) is 15.5. The van der Waals surface area contributed by atoms with Gasteiger partial charge in [0.25, 0.3) is 5.91 Å². The van der Waals surface area contributed by atoms with E-state index in [4.69, 9.17) is 5.26 Å². The number of hydrogen-bond acceptors (Lipinski definition) is 2. The Kier molecular flexibility index (Phi) is 3.77. The summed E-state index contributed by atoms with van der Waals surface area (Å²) in [5, 5.41) is 8.85. The van der Waals surface area contributed by atoms with Crippen LogP contribution in [0.3, 0.4) is 0 Å². The van der Waals surface area contributed by atoms with Crippen LogP contribution >= 0.6 is 0 Å². The van der Waals surface area contributed by atoms with Crippen molar-refractivity contribution >= 4 is 5.91 Å². The lowest BCUT2D eigenvalue weighted by Gasteiger charge is -2.26. The molecule has 3 nitrogen and oxygen atoms in total. The van der Waals surface area contributed by atoms with Gasteiger partial charge in [0.1, 0.15) is 6.54 Å². The maximum absolute atomic E-state index is 12.3. The number of amides is 1. The lowest BCUT2D eigenvalue weighted by atomic mass is 10.1. The highest BCUT2D eigenvalue weighted by atomic mass is 16.2. The molecule has 1 aliphatic carbocycles. The number of nitrogens with zero attached hydrogens (tertiary/aromatic N) is 2. The van der Waals surface area contributed by atoms with Crippen molar-refractivity contribution in [1.82, 2.24) is 4.90 Å². The zero-order valence-corrected chi connectivity index (χ0v) is 9.80. The summed E-state index contributed by atoms with van der Waals surface area (Å²) >= 11 is 0. The van der Waals surface area contributed by atoms with Gasteiger partial charge in [-0.25, -0.2) is 0 Å². The minimum Gasteiger partial charge on any atom is -0.322 e. The van der Waals surface area contributed by atoms with Crippen LogP contribution in [-0.4, -0.2) is 23.4 Å². The number of rotatable bonds is 3. The predicted molar refractivity (Wildman–Crippen MR) is 65.3 cm³/mol. The van der Waals surface area contributed by atoms with Gasteiger partial charge in [-0.1, -0.05) is 31.0 Å². The second-order valence-electron chi connectivity index (χ2n) is 4.40. The summed E-state index contributed by atoms with van der Waals surface area (Å²) < 4.78 is 0. The highest BCUT2D eigenvalue weighted by Gasteiger charge is 2.26.